The quantitative estimate of drug-likeness (QED) is 0.663. The first kappa shape index (κ1) is 17.9. The van der Waals surface area contributed by atoms with Crippen LogP contribution in [-0.2, 0) is 19.7 Å². The smallest absolute Gasteiger partial charge is 0.161 e. The molecule has 26 heavy (non-hydrogen) atoms. The summed E-state index contributed by atoms with van der Waals surface area (Å²) in [5.41, 5.74) is 3.13. The Morgan fingerprint density at radius 2 is 1.69 bits per heavy atom. The van der Waals surface area contributed by atoms with Crippen LogP contribution in [0, 0.1) is 5.82 Å². The molecule has 0 atom stereocenters. The van der Waals surface area contributed by atoms with Gasteiger partial charge >= 0.3 is 0 Å². The van der Waals surface area contributed by atoms with E-state index < -0.39 is 0 Å². The average molecular weight is 352 g/mol. The molecule has 1 aromatic heterocycles. The van der Waals surface area contributed by atoms with Crippen molar-refractivity contribution in [3.05, 3.63) is 89.5 Å². The summed E-state index contributed by atoms with van der Waals surface area (Å²) in [4.78, 5) is 4.10. The van der Waals surface area contributed by atoms with E-state index >= 15 is 0 Å². The molecule has 0 fully saturated rings. The lowest BCUT2D eigenvalue weighted by Crippen LogP contribution is -2.12. The second-order valence-corrected chi connectivity index (χ2v) is 5.87. The SMILES string of the molecule is COc1cc(CNCc2cccnc2)ccc1OCc1ccc(F)cc1. The molecule has 4 nitrogen and oxygen atoms in total. The number of aromatic nitrogens is 1. The predicted octanol–water partition coefficient (Wildman–Crippen LogP) is 4.10. The van der Waals surface area contributed by atoms with E-state index in [0.29, 0.717) is 24.7 Å². The lowest BCUT2D eigenvalue weighted by molar-refractivity contribution is 0.284. The minimum Gasteiger partial charge on any atom is -0.493 e. The van der Waals surface area contributed by atoms with E-state index in [1.165, 1.54) is 12.1 Å². The molecule has 5 heteroatoms. The second kappa shape index (κ2) is 8.97. The molecule has 1 heterocycles. The van der Waals surface area contributed by atoms with Crippen LogP contribution in [0.25, 0.3) is 0 Å². The number of hydrogen-bond donors (Lipinski definition) is 1. The number of halogens is 1. The summed E-state index contributed by atoms with van der Waals surface area (Å²) in [7, 11) is 1.62. The van der Waals surface area contributed by atoms with Crippen LogP contribution in [0.3, 0.4) is 0 Å². The zero-order valence-corrected chi connectivity index (χ0v) is 14.6. The molecule has 0 unspecified atom stereocenters. The van der Waals surface area contributed by atoms with Gasteiger partial charge in [-0.2, -0.15) is 0 Å². The highest BCUT2D eigenvalue weighted by molar-refractivity contribution is 5.43. The van der Waals surface area contributed by atoms with E-state index in [-0.39, 0.29) is 5.82 Å². The van der Waals surface area contributed by atoms with Crippen LogP contribution in [0.4, 0.5) is 4.39 Å². The average Bonchev–Trinajstić information content (AvgIpc) is 2.69. The molecule has 1 N–H and O–H groups in total. The maximum absolute atomic E-state index is 13.0. The Bertz CT molecular complexity index is 823. The molecule has 0 aliphatic carbocycles. The summed E-state index contributed by atoms with van der Waals surface area (Å²) in [6, 6.07) is 16.1. The summed E-state index contributed by atoms with van der Waals surface area (Å²) in [6.07, 6.45) is 3.61. The van der Waals surface area contributed by atoms with Crippen molar-refractivity contribution < 1.29 is 13.9 Å². The van der Waals surface area contributed by atoms with Crippen LogP contribution in [-0.4, -0.2) is 12.1 Å². The molecule has 0 bridgehead atoms. The van der Waals surface area contributed by atoms with Crippen LogP contribution in [0.1, 0.15) is 16.7 Å². The highest BCUT2D eigenvalue weighted by atomic mass is 19.1. The lowest BCUT2D eigenvalue weighted by Gasteiger charge is -2.13. The fourth-order valence-corrected chi connectivity index (χ4v) is 2.54. The Balaban J connectivity index is 1.57. The standard InChI is InChI=1S/C21H21FN2O2/c1-25-21-11-17(12-24-14-18-3-2-10-23-13-18)6-9-20(21)26-15-16-4-7-19(22)8-5-16/h2-11,13,24H,12,14-15H2,1H3. The Hall–Kier alpha value is -2.92. The summed E-state index contributed by atoms with van der Waals surface area (Å²) in [5, 5.41) is 3.38. The number of rotatable bonds is 8. The number of ether oxygens (including phenoxy) is 2. The van der Waals surface area contributed by atoms with Crippen molar-refractivity contribution >= 4 is 0 Å². The van der Waals surface area contributed by atoms with E-state index in [9.17, 15) is 4.39 Å². The van der Waals surface area contributed by atoms with Crippen molar-refractivity contribution in [1.82, 2.24) is 10.3 Å². The zero-order chi connectivity index (χ0) is 18.2. The van der Waals surface area contributed by atoms with E-state index in [0.717, 1.165) is 23.2 Å². The molecule has 3 aromatic rings. The zero-order valence-electron chi connectivity index (χ0n) is 14.6. The summed E-state index contributed by atoms with van der Waals surface area (Å²) < 4.78 is 24.2. The molecule has 0 aliphatic heterocycles. The molecule has 0 amide bonds. The molecule has 134 valence electrons. The number of nitrogens with zero attached hydrogens (tertiary/aromatic N) is 1. The Labute approximate surface area is 152 Å². The number of methoxy groups -OCH3 is 1. The summed E-state index contributed by atoms with van der Waals surface area (Å²) >= 11 is 0. The van der Waals surface area contributed by atoms with Gasteiger partial charge in [-0.15, -0.1) is 0 Å². The molecule has 0 saturated heterocycles. The molecule has 3 rings (SSSR count). The first-order valence-corrected chi connectivity index (χ1v) is 8.38. The predicted molar refractivity (Wildman–Crippen MR) is 98.5 cm³/mol. The fourth-order valence-electron chi connectivity index (χ4n) is 2.54. The number of benzene rings is 2. The van der Waals surface area contributed by atoms with Crippen LogP contribution in [0.15, 0.2) is 67.0 Å². The van der Waals surface area contributed by atoms with E-state index in [1.807, 2.05) is 36.5 Å². The summed E-state index contributed by atoms with van der Waals surface area (Å²) in [5.74, 6) is 1.08. The normalized spacial score (nSPS) is 10.5. The van der Waals surface area contributed by atoms with Gasteiger partial charge in [0, 0.05) is 25.5 Å². The topological polar surface area (TPSA) is 43.4 Å². The third kappa shape index (κ3) is 5.04. The molecular formula is C21H21FN2O2. The van der Waals surface area contributed by atoms with Gasteiger partial charge in [0.1, 0.15) is 12.4 Å². The van der Waals surface area contributed by atoms with Crippen molar-refractivity contribution in [3.63, 3.8) is 0 Å². The first-order chi connectivity index (χ1) is 12.7. The van der Waals surface area contributed by atoms with Crippen LogP contribution in [0.5, 0.6) is 11.5 Å². The third-order valence-electron chi connectivity index (χ3n) is 3.92. The van der Waals surface area contributed by atoms with Gasteiger partial charge in [0.25, 0.3) is 0 Å². The van der Waals surface area contributed by atoms with E-state index in [1.54, 1.807) is 25.4 Å². The molecular weight excluding hydrogens is 331 g/mol. The fraction of sp³-hybridized carbons (Fsp3) is 0.190. The van der Waals surface area contributed by atoms with Crippen LogP contribution < -0.4 is 14.8 Å². The maximum Gasteiger partial charge on any atom is 0.161 e. The van der Waals surface area contributed by atoms with Crippen molar-refractivity contribution in [3.8, 4) is 11.5 Å². The van der Waals surface area contributed by atoms with Crippen LogP contribution >= 0.6 is 0 Å². The van der Waals surface area contributed by atoms with Gasteiger partial charge in [0.2, 0.25) is 0 Å². The highest BCUT2D eigenvalue weighted by Gasteiger charge is 2.07. The van der Waals surface area contributed by atoms with Crippen molar-refractivity contribution in [2.45, 2.75) is 19.7 Å². The minimum atomic E-state index is -0.255. The third-order valence-corrected chi connectivity index (χ3v) is 3.92. The van der Waals surface area contributed by atoms with E-state index in [4.69, 9.17) is 9.47 Å². The Kier molecular flexibility index (Phi) is 6.17. The van der Waals surface area contributed by atoms with Gasteiger partial charge in [0.15, 0.2) is 11.5 Å². The molecule has 2 aromatic carbocycles. The van der Waals surface area contributed by atoms with Gasteiger partial charge in [-0.25, -0.2) is 4.39 Å². The van der Waals surface area contributed by atoms with Gasteiger partial charge in [-0.05, 0) is 47.0 Å². The van der Waals surface area contributed by atoms with Gasteiger partial charge in [-0.3, -0.25) is 4.98 Å². The first-order valence-electron chi connectivity index (χ1n) is 8.38. The lowest BCUT2D eigenvalue weighted by atomic mass is 10.2. The van der Waals surface area contributed by atoms with Crippen molar-refractivity contribution in [2.24, 2.45) is 0 Å². The van der Waals surface area contributed by atoms with Gasteiger partial charge < -0.3 is 14.8 Å². The van der Waals surface area contributed by atoms with Crippen molar-refractivity contribution in [2.75, 3.05) is 7.11 Å². The Morgan fingerprint density at radius 1 is 0.923 bits per heavy atom. The largest absolute Gasteiger partial charge is 0.493 e. The number of hydrogen-bond acceptors (Lipinski definition) is 4. The second-order valence-electron chi connectivity index (χ2n) is 5.87. The van der Waals surface area contributed by atoms with E-state index in [2.05, 4.69) is 10.3 Å². The summed E-state index contributed by atoms with van der Waals surface area (Å²) in [6.45, 7) is 1.82. The Morgan fingerprint density at radius 3 is 2.42 bits per heavy atom. The molecule has 0 spiro atoms. The van der Waals surface area contributed by atoms with Crippen molar-refractivity contribution in [1.29, 1.82) is 0 Å². The highest BCUT2D eigenvalue weighted by Crippen LogP contribution is 2.29. The number of pyridine rings is 1. The maximum atomic E-state index is 13.0. The minimum absolute atomic E-state index is 0.255. The molecule has 0 aliphatic rings. The monoisotopic (exact) mass is 352 g/mol. The van der Waals surface area contributed by atoms with Crippen LogP contribution in [0.2, 0.25) is 0 Å². The van der Waals surface area contributed by atoms with Gasteiger partial charge in [0.05, 0.1) is 7.11 Å². The van der Waals surface area contributed by atoms with Gasteiger partial charge in [-0.1, -0.05) is 24.3 Å². The molecule has 0 radical (unpaired) electrons. The molecule has 0 saturated carbocycles. The number of nitrogens with one attached hydrogen (secondary N) is 1.